The molecule has 3 rings (SSSR count). The molecule has 0 amide bonds. The highest BCUT2D eigenvalue weighted by Gasteiger charge is 2.31. The third-order valence-electron chi connectivity index (χ3n) is 3.25. The van der Waals surface area contributed by atoms with Gasteiger partial charge in [0.1, 0.15) is 17.2 Å². The predicted molar refractivity (Wildman–Crippen MR) is 98.3 cm³/mol. The number of pyridine rings is 2. The lowest BCUT2D eigenvalue weighted by molar-refractivity contribution is -0.137. The Balaban J connectivity index is 0.000000360. The van der Waals surface area contributed by atoms with E-state index in [2.05, 4.69) is 9.97 Å². The minimum Gasteiger partial charge on any atom is -0.506 e. The van der Waals surface area contributed by atoms with Gasteiger partial charge in [-0.2, -0.15) is 13.2 Å². The van der Waals surface area contributed by atoms with Gasteiger partial charge in [0.2, 0.25) is 0 Å². The molecular formula is C20H15F3N2O4. The minimum atomic E-state index is -4.53. The fourth-order valence-electron chi connectivity index (χ4n) is 1.99. The van der Waals surface area contributed by atoms with Crippen molar-refractivity contribution in [2.24, 2.45) is 0 Å². The van der Waals surface area contributed by atoms with Gasteiger partial charge in [-0.05, 0) is 42.5 Å². The summed E-state index contributed by atoms with van der Waals surface area (Å²) in [6, 6.07) is 9.16. The van der Waals surface area contributed by atoms with Crippen molar-refractivity contribution in [2.75, 3.05) is 0 Å². The van der Waals surface area contributed by atoms with Crippen LogP contribution >= 0.6 is 0 Å². The van der Waals surface area contributed by atoms with Crippen LogP contribution < -0.4 is 4.74 Å². The van der Waals surface area contributed by atoms with Gasteiger partial charge in [-0.15, -0.1) is 0 Å². The second-order valence-corrected chi connectivity index (χ2v) is 5.42. The first-order valence-electron chi connectivity index (χ1n) is 8.05. The quantitative estimate of drug-likeness (QED) is 0.608. The van der Waals surface area contributed by atoms with Crippen LogP contribution in [0.15, 0.2) is 73.3 Å². The van der Waals surface area contributed by atoms with Crippen LogP contribution in [0.2, 0.25) is 0 Å². The monoisotopic (exact) mass is 404 g/mol. The number of benzene rings is 1. The Bertz CT molecular complexity index is 962. The van der Waals surface area contributed by atoms with E-state index in [4.69, 9.17) is 14.9 Å². The zero-order valence-corrected chi connectivity index (χ0v) is 14.7. The van der Waals surface area contributed by atoms with Crippen molar-refractivity contribution in [3.05, 3.63) is 84.5 Å². The molecule has 0 fully saturated rings. The van der Waals surface area contributed by atoms with Crippen LogP contribution in [0.5, 0.6) is 17.2 Å². The molecule has 0 aliphatic rings. The second-order valence-electron chi connectivity index (χ2n) is 5.42. The number of halogens is 3. The standard InChI is InChI=1S/C15H10F3NO3.C5H5NO/c16-15(17,18)11-5-3-10(4-6-14(20)21)13(8-11)22-12-2-1-7-19-9-12;7-5-2-1-3-6-4-5/h1-9H,(H,20,21);1-4,7H. The Labute approximate surface area is 163 Å². The molecule has 0 saturated carbocycles. The molecule has 0 bridgehead atoms. The number of nitrogens with zero attached hydrogens (tertiary/aromatic N) is 2. The number of carboxylic acids is 1. The molecule has 0 saturated heterocycles. The summed E-state index contributed by atoms with van der Waals surface area (Å²) in [5.41, 5.74) is -0.682. The average molecular weight is 404 g/mol. The maximum Gasteiger partial charge on any atom is 0.416 e. The molecule has 150 valence electrons. The largest absolute Gasteiger partial charge is 0.506 e. The van der Waals surface area contributed by atoms with E-state index in [0.717, 1.165) is 30.4 Å². The molecule has 0 aliphatic carbocycles. The zero-order valence-electron chi connectivity index (χ0n) is 14.7. The highest BCUT2D eigenvalue weighted by Crippen LogP contribution is 2.35. The normalized spacial score (nSPS) is 10.9. The number of ether oxygens (including phenoxy) is 1. The first-order valence-corrected chi connectivity index (χ1v) is 8.05. The molecule has 29 heavy (non-hydrogen) atoms. The Morgan fingerprint density at radius 1 is 1.03 bits per heavy atom. The van der Waals surface area contributed by atoms with E-state index in [1.165, 1.54) is 24.7 Å². The molecule has 0 radical (unpaired) electrons. The molecule has 1 aromatic carbocycles. The fraction of sp³-hybridized carbons (Fsp3) is 0.0500. The van der Waals surface area contributed by atoms with Gasteiger partial charge in [-0.1, -0.05) is 6.07 Å². The summed E-state index contributed by atoms with van der Waals surface area (Å²) in [5, 5.41) is 17.2. The molecule has 2 N–H and O–H groups in total. The Morgan fingerprint density at radius 3 is 2.21 bits per heavy atom. The van der Waals surface area contributed by atoms with E-state index in [0.29, 0.717) is 0 Å². The molecule has 2 heterocycles. The van der Waals surface area contributed by atoms with Gasteiger partial charge in [0.15, 0.2) is 0 Å². The number of aromatic hydroxyl groups is 1. The van der Waals surface area contributed by atoms with Gasteiger partial charge in [0.05, 0.1) is 18.0 Å². The van der Waals surface area contributed by atoms with Gasteiger partial charge in [-0.3, -0.25) is 9.97 Å². The molecular weight excluding hydrogens is 389 g/mol. The van der Waals surface area contributed by atoms with Gasteiger partial charge < -0.3 is 14.9 Å². The first-order chi connectivity index (χ1) is 13.8. The van der Waals surface area contributed by atoms with Gasteiger partial charge >= 0.3 is 12.1 Å². The second kappa shape index (κ2) is 9.88. The van der Waals surface area contributed by atoms with Crippen LogP contribution in [-0.2, 0) is 11.0 Å². The average Bonchev–Trinajstić information content (AvgIpc) is 2.68. The van der Waals surface area contributed by atoms with Crippen LogP contribution in [0.4, 0.5) is 13.2 Å². The lowest BCUT2D eigenvalue weighted by Gasteiger charge is -2.12. The number of carboxylic acid groups (broad SMARTS) is 1. The van der Waals surface area contributed by atoms with Crippen molar-refractivity contribution in [2.45, 2.75) is 6.18 Å². The first kappa shape index (κ1) is 21.4. The number of hydrogen-bond acceptors (Lipinski definition) is 5. The minimum absolute atomic E-state index is 0.111. The lowest BCUT2D eigenvalue weighted by atomic mass is 10.1. The van der Waals surface area contributed by atoms with E-state index in [-0.39, 0.29) is 22.8 Å². The highest BCUT2D eigenvalue weighted by atomic mass is 19.4. The van der Waals surface area contributed by atoms with Crippen molar-refractivity contribution in [3.8, 4) is 17.2 Å². The van der Waals surface area contributed by atoms with Gasteiger partial charge in [0.25, 0.3) is 0 Å². The molecule has 9 heteroatoms. The van der Waals surface area contributed by atoms with E-state index < -0.39 is 17.7 Å². The summed E-state index contributed by atoms with van der Waals surface area (Å²) >= 11 is 0. The summed E-state index contributed by atoms with van der Waals surface area (Å²) in [6.45, 7) is 0. The van der Waals surface area contributed by atoms with E-state index in [9.17, 15) is 18.0 Å². The summed E-state index contributed by atoms with van der Waals surface area (Å²) < 4.78 is 43.7. The molecule has 0 aliphatic heterocycles. The lowest BCUT2D eigenvalue weighted by Crippen LogP contribution is -2.05. The maximum atomic E-state index is 12.8. The van der Waals surface area contributed by atoms with Crippen molar-refractivity contribution in [1.82, 2.24) is 9.97 Å². The number of carbonyl (C=O) groups is 1. The van der Waals surface area contributed by atoms with Gasteiger partial charge in [-0.25, -0.2) is 4.79 Å². The number of rotatable bonds is 4. The van der Waals surface area contributed by atoms with Crippen molar-refractivity contribution >= 4 is 12.0 Å². The van der Waals surface area contributed by atoms with E-state index in [1.54, 1.807) is 24.4 Å². The molecule has 2 aromatic heterocycles. The summed E-state index contributed by atoms with van der Waals surface area (Å²) in [4.78, 5) is 18.0. The number of hydrogen-bond donors (Lipinski definition) is 2. The maximum absolute atomic E-state index is 12.8. The third-order valence-corrected chi connectivity index (χ3v) is 3.25. The van der Waals surface area contributed by atoms with Crippen molar-refractivity contribution in [3.63, 3.8) is 0 Å². The topological polar surface area (TPSA) is 92.5 Å². The zero-order chi connectivity index (χ0) is 21.3. The van der Waals surface area contributed by atoms with Crippen LogP contribution in [-0.4, -0.2) is 26.2 Å². The van der Waals surface area contributed by atoms with E-state index >= 15 is 0 Å². The summed E-state index contributed by atoms with van der Waals surface area (Å²) in [6.07, 6.45) is 3.28. The molecule has 6 nitrogen and oxygen atoms in total. The fourth-order valence-corrected chi connectivity index (χ4v) is 1.99. The molecule has 0 spiro atoms. The Morgan fingerprint density at radius 2 is 1.72 bits per heavy atom. The van der Waals surface area contributed by atoms with Crippen molar-refractivity contribution in [1.29, 1.82) is 0 Å². The Hall–Kier alpha value is -3.88. The number of aliphatic carboxylic acids is 1. The third kappa shape index (κ3) is 7.33. The Kier molecular flexibility index (Phi) is 7.30. The molecule has 3 aromatic rings. The highest BCUT2D eigenvalue weighted by molar-refractivity contribution is 5.86. The summed E-state index contributed by atoms with van der Waals surface area (Å²) in [5.74, 6) is -0.873. The number of aromatic nitrogens is 2. The van der Waals surface area contributed by atoms with Gasteiger partial charge in [0, 0.05) is 24.0 Å². The number of alkyl halides is 3. The predicted octanol–water partition coefficient (Wildman–Crippen LogP) is 4.78. The van der Waals surface area contributed by atoms with Crippen LogP contribution in [0.25, 0.3) is 6.08 Å². The van der Waals surface area contributed by atoms with Crippen LogP contribution in [0, 0.1) is 0 Å². The molecule has 0 unspecified atom stereocenters. The van der Waals surface area contributed by atoms with Crippen LogP contribution in [0.1, 0.15) is 11.1 Å². The van der Waals surface area contributed by atoms with Crippen molar-refractivity contribution < 1.29 is 32.9 Å². The summed E-state index contributed by atoms with van der Waals surface area (Å²) in [7, 11) is 0. The van der Waals surface area contributed by atoms with E-state index in [1.807, 2.05) is 0 Å². The molecule has 0 atom stereocenters. The van der Waals surface area contributed by atoms with Crippen LogP contribution in [0.3, 0.4) is 0 Å². The smallest absolute Gasteiger partial charge is 0.416 e. The SMILES string of the molecule is O=C(O)C=Cc1ccc(C(F)(F)F)cc1Oc1cccnc1.Oc1cccnc1.